The molecule has 3 heteroatoms. The summed E-state index contributed by atoms with van der Waals surface area (Å²) >= 11 is 2.04. The van der Waals surface area contributed by atoms with Crippen molar-refractivity contribution < 1.29 is 4.74 Å². The molecule has 0 aliphatic heterocycles. The summed E-state index contributed by atoms with van der Waals surface area (Å²) in [5, 5.41) is 4.12. The van der Waals surface area contributed by atoms with Crippen molar-refractivity contribution in [2.45, 2.75) is 41.9 Å². The zero-order chi connectivity index (χ0) is 12.8. The Kier molecular flexibility index (Phi) is 5.54. The van der Waals surface area contributed by atoms with Gasteiger partial charge in [-0.15, -0.1) is 11.8 Å². The molecule has 1 N–H and O–H groups in total. The summed E-state index contributed by atoms with van der Waals surface area (Å²) in [5.74, 6) is 0. The lowest BCUT2D eigenvalue weighted by Crippen LogP contribution is -2.20. The van der Waals surface area contributed by atoms with Crippen LogP contribution in [0.3, 0.4) is 0 Å². The average molecular weight is 265 g/mol. The molecule has 1 atom stereocenters. The van der Waals surface area contributed by atoms with Gasteiger partial charge in [0, 0.05) is 17.3 Å². The van der Waals surface area contributed by atoms with E-state index in [1.165, 1.54) is 36.1 Å². The molecule has 2 rings (SSSR count). The van der Waals surface area contributed by atoms with Crippen LogP contribution in [0.2, 0.25) is 0 Å². The molecular formula is C15H23NOS. The van der Waals surface area contributed by atoms with Crippen molar-refractivity contribution in [3.63, 3.8) is 0 Å². The molecule has 2 nitrogen and oxygen atoms in total. The molecule has 0 spiro atoms. The number of nitrogens with one attached hydrogen (secondary N) is 1. The fourth-order valence-corrected chi connectivity index (χ4v) is 3.74. The molecule has 100 valence electrons. The molecule has 0 bridgehead atoms. The van der Waals surface area contributed by atoms with Crippen molar-refractivity contribution in [1.29, 1.82) is 0 Å². The van der Waals surface area contributed by atoms with E-state index in [1.54, 1.807) is 7.11 Å². The first-order valence-corrected chi connectivity index (χ1v) is 7.64. The molecule has 0 saturated heterocycles. The van der Waals surface area contributed by atoms with Crippen molar-refractivity contribution in [2.75, 3.05) is 20.8 Å². The first-order chi connectivity index (χ1) is 8.83. The standard InChI is InChI=1S/C15H23NOS/c1-16-15(11-17-2)12-7-9-14(10-8-12)18-13-5-3-4-6-13/h7-10,13,15-16H,3-6,11H2,1-2H3. The second-order valence-electron chi connectivity index (χ2n) is 4.89. The molecule has 1 aromatic carbocycles. The number of ether oxygens (including phenoxy) is 1. The molecule has 0 radical (unpaired) electrons. The van der Waals surface area contributed by atoms with Crippen molar-refractivity contribution in [1.82, 2.24) is 5.32 Å². The van der Waals surface area contributed by atoms with Gasteiger partial charge in [-0.25, -0.2) is 0 Å². The first kappa shape index (κ1) is 13.9. The summed E-state index contributed by atoms with van der Waals surface area (Å²) in [6, 6.07) is 9.23. The third-order valence-corrected chi connectivity index (χ3v) is 4.92. The second-order valence-corrected chi connectivity index (χ2v) is 6.26. The molecule has 1 fully saturated rings. The van der Waals surface area contributed by atoms with E-state index in [4.69, 9.17) is 4.74 Å². The molecule has 1 aliphatic carbocycles. The van der Waals surface area contributed by atoms with Gasteiger partial charge < -0.3 is 10.1 Å². The van der Waals surface area contributed by atoms with Crippen molar-refractivity contribution >= 4 is 11.8 Å². The van der Waals surface area contributed by atoms with E-state index >= 15 is 0 Å². The highest BCUT2D eigenvalue weighted by atomic mass is 32.2. The lowest BCUT2D eigenvalue weighted by atomic mass is 10.1. The molecule has 0 amide bonds. The Labute approximate surface area is 114 Å². The van der Waals surface area contributed by atoms with Crippen LogP contribution < -0.4 is 5.32 Å². The lowest BCUT2D eigenvalue weighted by Gasteiger charge is -2.16. The van der Waals surface area contributed by atoms with Crippen LogP contribution in [0.15, 0.2) is 29.2 Å². The Hall–Kier alpha value is -0.510. The lowest BCUT2D eigenvalue weighted by molar-refractivity contribution is 0.170. The smallest absolute Gasteiger partial charge is 0.0657 e. The zero-order valence-electron chi connectivity index (χ0n) is 11.3. The highest BCUT2D eigenvalue weighted by Crippen LogP contribution is 2.34. The van der Waals surface area contributed by atoms with Gasteiger partial charge in [0.15, 0.2) is 0 Å². The van der Waals surface area contributed by atoms with Gasteiger partial charge >= 0.3 is 0 Å². The van der Waals surface area contributed by atoms with Crippen molar-refractivity contribution in [3.8, 4) is 0 Å². The third kappa shape index (κ3) is 3.74. The largest absolute Gasteiger partial charge is 0.383 e. The van der Waals surface area contributed by atoms with Gasteiger partial charge in [-0.1, -0.05) is 25.0 Å². The molecule has 1 aliphatic rings. The summed E-state index contributed by atoms with van der Waals surface area (Å²) in [5.41, 5.74) is 1.30. The normalized spacial score (nSPS) is 18.1. The van der Waals surface area contributed by atoms with E-state index < -0.39 is 0 Å². The summed E-state index contributed by atoms with van der Waals surface area (Å²) < 4.78 is 5.22. The van der Waals surface area contributed by atoms with E-state index in [0.29, 0.717) is 12.6 Å². The topological polar surface area (TPSA) is 21.3 Å². The third-order valence-electron chi connectivity index (χ3n) is 3.57. The Morgan fingerprint density at radius 1 is 1.28 bits per heavy atom. The van der Waals surface area contributed by atoms with E-state index in [0.717, 1.165) is 5.25 Å². The van der Waals surface area contributed by atoms with Gasteiger partial charge in [-0.3, -0.25) is 0 Å². The monoisotopic (exact) mass is 265 g/mol. The number of rotatable bonds is 6. The Balaban J connectivity index is 1.95. The fraction of sp³-hybridized carbons (Fsp3) is 0.600. The van der Waals surface area contributed by atoms with Gasteiger partial charge in [0.25, 0.3) is 0 Å². The van der Waals surface area contributed by atoms with Crippen LogP contribution >= 0.6 is 11.8 Å². The molecule has 1 unspecified atom stereocenters. The quantitative estimate of drug-likeness (QED) is 0.848. The first-order valence-electron chi connectivity index (χ1n) is 6.76. The van der Waals surface area contributed by atoms with Gasteiger partial charge in [0.1, 0.15) is 0 Å². The maximum absolute atomic E-state index is 5.22. The van der Waals surface area contributed by atoms with Crippen LogP contribution in [0.25, 0.3) is 0 Å². The summed E-state index contributed by atoms with van der Waals surface area (Å²) in [4.78, 5) is 1.40. The molecule has 0 aromatic heterocycles. The minimum atomic E-state index is 0.292. The summed E-state index contributed by atoms with van der Waals surface area (Å²) in [7, 11) is 3.72. The number of benzene rings is 1. The van der Waals surface area contributed by atoms with Crippen molar-refractivity contribution in [3.05, 3.63) is 29.8 Å². The summed E-state index contributed by atoms with van der Waals surface area (Å²) in [6.45, 7) is 0.714. The van der Waals surface area contributed by atoms with Gasteiger partial charge in [0.2, 0.25) is 0 Å². The van der Waals surface area contributed by atoms with Crippen LogP contribution in [0.5, 0.6) is 0 Å². The minimum Gasteiger partial charge on any atom is -0.383 e. The zero-order valence-corrected chi connectivity index (χ0v) is 12.1. The second kappa shape index (κ2) is 7.17. The SMILES string of the molecule is CNC(COC)c1ccc(SC2CCCC2)cc1. The van der Waals surface area contributed by atoms with Crippen LogP contribution in [0, 0.1) is 0 Å². The maximum Gasteiger partial charge on any atom is 0.0657 e. The number of likely N-dealkylation sites (N-methyl/N-ethyl adjacent to an activating group) is 1. The molecule has 1 saturated carbocycles. The van der Waals surface area contributed by atoms with Gasteiger partial charge in [-0.05, 0) is 37.6 Å². The van der Waals surface area contributed by atoms with Crippen LogP contribution in [-0.4, -0.2) is 26.0 Å². The highest BCUT2D eigenvalue weighted by Gasteiger charge is 2.16. The number of thioether (sulfide) groups is 1. The minimum absolute atomic E-state index is 0.292. The Morgan fingerprint density at radius 3 is 2.50 bits per heavy atom. The van der Waals surface area contributed by atoms with Crippen LogP contribution in [0.4, 0.5) is 0 Å². The molecule has 18 heavy (non-hydrogen) atoms. The highest BCUT2D eigenvalue weighted by molar-refractivity contribution is 8.00. The number of hydrogen-bond acceptors (Lipinski definition) is 3. The number of methoxy groups -OCH3 is 1. The fourth-order valence-electron chi connectivity index (χ4n) is 2.49. The van der Waals surface area contributed by atoms with E-state index in [1.807, 2.05) is 18.8 Å². The molecule has 1 aromatic rings. The molecule has 0 heterocycles. The van der Waals surface area contributed by atoms with Crippen LogP contribution in [-0.2, 0) is 4.74 Å². The van der Waals surface area contributed by atoms with Crippen LogP contribution in [0.1, 0.15) is 37.3 Å². The predicted octanol–water partition coefficient (Wildman–Crippen LogP) is 3.63. The van der Waals surface area contributed by atoms with Gasteiger partial charge in [-0.2, -0.15) is 0 Å². The Morgan fingerprint density at radius 2 is 1.94 bits per heavy atom. The van der Waals surface area contributed by atoms with E-state index in [9.17, 15) is 0 Å². The van der Waals surface area contributed by atoms with E-state index in [-0.39, 0.29) is 0 Å². The summed E-state index contributed by atoms with van der Waals surface area (Å²) in [6.07, 6.45) is 5.58. The van der Waals surface area contributed by atoms with Crippen molar-refractivity contribution in [2.24, 2.45) is 0 Å². The molecular weight excluding hydrogens is 242 g/mol. The average Bonchev–Trinajstić information content (AvgIpc) is 2.90. The maximum atomic E-state index is 5.22. The van der Waals surface area contributed by atoms with Gasteiger partial charge in [0.05, 0.1) is 12.6 Å². The van der Waals surface area contributed by atoms with E-state index in [2.05, 4.69) is 29.6 Å². The Bertz CT molecular complexity index is 346. The number of hydrogen-bond donors (Lipinski definition) is 1. The predicted molar refractivity (Wildman–Crippen MR) is 78.2 cm³/mol.